The maximum absolute atomic E-state index is 13.3. The predicted molar refractivity (Wildman–Crippen MR) is 146 cm³/mol. The standard InChI is InChI=1S/C28H21Cl2F3N2O4/c1-38-25-11-16(5-9-23(25)36)3-7-19-15-20(8-4-17-6-10-24(37)26(12-17)39-2)35(34-19)27-21(29)13-18(14-22(27)30)28(31,32)33/h3-15,36-37H,1-2H3/b7-3+,8-4+. The molecule has 1 heterocycles. The van der Waals surface area contributed by atoms with E-state index in [4.69, 9.17) is 32.7 Å². The lowest BCUT2D eigenvalue weighted by Gasteiger charge is -2.13. The van der Waals surface area contributed by atoms with Crippen LogP contribution in [0.15, 0.2) is 54.6 Å². The van der Waals surface area contributed by atoms with Crippen molar-refractivity contribution in [2.75, 3.05) is 14.2 Å². The molecule has 6 nitrogen and oxygen atoms in total. The monoisotopic (exact) mass is 576 g/mol. The Morgan fingerprint density at radius 2 is 1.28 bits per heavy atom. The molecule has 3 aromatic carbocycles. The highest BCUT2D eigenvalue weighted by Crippen LogP contribution is 2.38. The molecule has 2 N–H and O–H groups in total. The van der Waals surface area contributed by atoms with Crippen LogP contribution in [0.1, 0.15) is 28.1 Å². The lowest BCUT2D eigenvalue weighted by Crippen LogP contribution is -2.08. The van der Waals surface area contributed by atoms with Crippen molar-refractivity contribution >= 4 is 47.5 Å². The van der Waals surface area contributed by atoms with Crippen molar-refractivity contribution in [3.8, 4) is 28.7 Å². The van der Waals surface area contributed by atoms with Gasteiger partial charge in [-0.3, -0.25) is 0 Å². The van der Waals surface area contributed by atoms with E-state index >= 15 is 0 Å². The lowest BCUT2D eigenvalue weighted by molar-refractivity contribution is -0.137. The first kappa shape index (κ1) is 27.9. The number of aromatic nitrogens is 2. The van der Waals surface area contributed by atoms with Gasteiger partial charge in [0.1, 0.15) is 5.69 Å². The van der Waals surface area contributed by atoms with Crippen molar-refractivity contribution in [1.82, 2.24) is 9.78 Å². The van der Waals surface area contributed by atoms with Crippen molar-refractivity contribution in [3.05, 3.63) is 92.7 Å². The molecule has 1 aromatic heterocycles. The van der Waals surface area contributed by atoms with E-state index in [1.54, 1.807) is 54.6 Å². The van der Waals surface area contributed by atoms with Crippen molar-refractivity contribution in [3.63, 3.8) is 0 Å². The molecule has 0 amide bonds. The Bertz CT molecular complexity index is 1560. The molecule has 202 valence electrons. The van der Waals surface area contributed by atoms with Crippen LogP contribution in [-0.2, 0) is 6.18 Å². The van der Waals surface area contributed by atoms with Gasteiger partial charge >= 0.3 is 6.18 Å². The van der Waals surface area contributed by atoms with Gasteiger partial charge in [0.2, 0.25) is 0 Å². The summed E-state index contributed by atoms with van der Waals surface area (Å²) in [5.41, 5.74) is 1.36. The zero-order chi connectivity index (χ0) is 28.3. The van der Waals surface area contributed by atoms with E-state index in [0.717, 1.165) is 12.1 Å². The zero-order valence-corrected chi connectivity index (χ0v) is 22.0. The number of phenolic OH excluding ortho intramolecular Hbond substituents is 2. The van der Waals surface area contributed by atoms with E-state index in [1.807, 2.05) is 0 Å². The third kappa shape index (κ3) is 6.32. The normalized spacial score (nSPS) is 12.0. The summed E-state index contributed by atoms with van der Waals surface area (Å²) in [6.45, 7) is 0. The molecule has 0 fully saturated rings. The summed E-state index contributed by atoms with van der Waals surface area (Å²) >= 11 is 12.6. The number of ether oxygens (including phenoxy) is 2. The molecule has 0 atom stereocenters. The molecule has 0 bridgehead atoms. The zero-order valence-electron chi connectivity index (χ0n) is 20.5. The molecule has 4 rings (SSSR count). The van der Waals surface area contributed by atoms with Gasteiger partial charge in [0.05, 0.1) is 41.2 Å². The number of alkyl halides is 3. The summed E-state index contributed by atoms with van der Waals surface area (Å²) < 4.78 is 51.5. The fourth-order valence-corrected chi connectivity index (χ4v) is 4.33. The van der Waals surface area contributed by atoms with Crippen molar-refractivity contribution in [1.29, 1.82) is 0 Å². The Morgan fingerprint density at radius 1 is 0.769 bits per heavy atom. The van der Waals surface area contributed by atoms with Crippen molar-refractivity contribution < 1.29 is 32.9 Å². The minimum Gasteiger partial charge on any atom is -0.504 e. The van der Waals surface area contributed by atoms with Crippen molar-refractivity contribution in [2.45, 2.75) is 6.18 Å². The Morgan fingerprint density at radius 3 is 1.77 bits per heavy atom. The van der Waals surface area contributed by atoms with Gasteiger partial charge in [-0.2, -0.15) is 18.3 Å². The van der Waals surface area contributed by atoms with Crippen LogP contribution in [0.3, 0.4) is 0 Å². The minimum atomic E-state index is -4.63. The maximum Gasteiger partial charge on any atom is 0.416 e. The molecule has 0 saturated heterocycles. The van der Waals surface area contributed by atoms with Crippen LogP contribution in [0.2, 0.25) is 10.0 Å². The molecule has 0 saturated carbocycles. The first-order valence-corrected chi connectivity index (χ1v) is 12.0. The van der Waals surface area contributed by atoms with E-state index < -0.39 is 11.7 Å². The van der Waals surface area contributed by atoms with Crippen molar-refractivity contribution in [2.24, 2.45) is 0 Å². The van der Waals surface area contributed by atoms with Crippen LogP contribution in [0.25, 0.3) is 30.0 Å². The Labute approximate surface area is 231 Å². The molecule has 0 aliphatic rings. The summed E-state index contributed by atoms with van der Waals surface area (Å²) in [4.78, 5) is 0. The largest absolute Gasteiger partial charge is 0.504 e. The van der Waals surface area contributed by atoms with E-state index in [9.17, 15) is 23.4 Å². The summed E-state index contributed by atoms with van der Waals surface area (Å²) in [7, 11) is 2.86. The third-order valence-electron chi connectivity index (χ3n) is 5.61. The van der Waals surface area contributed by atoms with Crippen LogP contribution in [0.4, 0.5) is 13.2 Å². The topological polar surface area (TPSA) is 76.7 Å². The number of hydrogen-bond donors (Lipinski definition) is 2. The molecule has 0 spiro atoms. The van der Waals surface area contributed by atoms with E-state index in [0.29, 0.717) is 28.3 Å². The van der Waals surface area contributed by atoms with Crippen LogP contribution in [-0.4, -0.2) is 34.2 Å². The number of aromatic hydroxyl groups is 2. The van der Waals surface area contributed by atoms with Crippen LogP contribution in [0, 0.1) is 0 Å². The lowest BCUT2D eigenvalue weighted by atomic mass is 10.1. The molecule has 11 heteroatoms. The molecule has 39 heavy (non-hydrogen) atoms. The first-order chi connectivity index (χ1) is 18.5. The number of nitrogens with zero attached hydrogens (tertiary/aromatic N) is 2. The predicted octanol–water partition coefficient (Wildman–Crippen LogP) is 7.97. The average molecular weight is 577 g/mol. The van der Waals surface area contributed by atoms with Gasteiger partial charge < -0.3 is 19.7 Å². The Kier molecular flexibility index (Phi) is 8.13. The van der Waals surface area contributed by atoms with Crippen LogP contribution in [0.5, 0.6) is 23.0 Å². The highest BCUT2D eigenvalue weighted by atomic mass is 35.5. The van der Waals surface area contributed by atoms with Gasteiger partial charge in [0.25, 0.3) is 0 Å². The highest BCUT2D eigenvalue weighted by Gasteiger charge is 2.32. The van der Waals surface area contributed by atoms with Gasteiger partial charge in [0.15, 0.2) is 23.0 Å². The van der Waals surface area contributed by atoms with Crippen LogP contribution < -0.4 is 9.47 Å². The van der Waals surface area contributed by atoms with Gasteiger partial charge in [-0.25, -0.2) is 4.68 Å². The highest BCUT2D eigenvalue weighted by molar-refractivity contribution is 6.37. The first-order valence-electron chi connectivity index (χ1n) is 11.3. The molecular weight excluding hydrogens is 556 g/mol. The quantitative estimate of drug-likeness (QED) is 0.233. The Hall–Kier alpha value is -4.08. The summed E-state index contributed by atoms with van der Waals surface area (Å²) in [5.74, 6) is 0.525. The van der Waals surface area contributed by atoms with Gasteiger partial charge in [-0.1, -0.05) is 47.5 Å². The van der Waals surface area contributed by atoms with Crippen LogP contribution >= 0.6 is 23.2 Å². The van der Waals surface area contributed by atoms with E-state index in [-0.39, 0.29) is 33.0 Å². The van der Waals surface area contributed by atoms with Gasteiger partial charge in [-0.05, 0) is 65.7 Å². The number of halogens is 5. The number of rotatable bonds is 7. The fourth-order valence-electron chi connectivity index (χ4n) is 3.68. The second kappa shape index (κ2) is 11.3. The van der Waals surface area contributed by atoms with Gasteiger partial charge in [0, 0.05) is 0 Å². The number of hydrogen-bond acceptors (Lipinski definition) is 5. The fraction of sp³-hybridized carbons (Fsp3) is 0.107. The molecular formula is C28H21Cl2F3N2O4. The molecule has 0 aliphatic carbocycles. The molecule has 0 radical (unpaired) electrons. The van der Waals surface area contributed by atoms with E-state index in [2.05, 4.69) is 5.10 Å². The summed E-state index contributed by atoms with van der Waals surface area (Å²) in [6, 6.07) is 12.8. The number of phenols is 2. The average Bonchev–Trinajstić information content (AvgIpc) is 3.29. The minimum absolute atomic E-state index is 0.0104. The molecule has 0 unspecified atom stereocenters. The molecule has 4 aromatic rings. The summed E-state index contributed by atoms with van der Waals surface area (Å²) in [6.07, 6.45) is 2.15. The number of methoxy groups -OCH3 is 2. The number of benzene rings is 3. The smallest absolute Gasteiger partial charge is 0.416 e. The molecule has 0 aliphatic heterocycles. The second-order valence-electron chi connectivity index (χ2n) is 8.22. The van der Waals surface area contributed by atoms with E-state index in [1.165, 1.54) is 31.0 Å². The third-order valence-corrected chi connectivity index (χ3v) is 6.19. The Balaban J connectivity index is 1.80. The summed E-state index contributed by atoms with van der Waals surface area (Å²) in [5, 5.41) is 23.7. The SMILES string of the molecule is COc1cc(/C=C/c2cc(/C=C/c3ccc(O)c(OC)c3)n(-c3c(Cl)cc(C(F)(F)F)cc3Cl)n2)ccc1O. The second-order valence-corrected chi connectivity index (χ2v) is 9.04. The maximum atomic E-state index is 13.3. The van der Waals surface area contributed by atoms with Gasteiger partial charge in [-0.15, -0.1) is 0 Å².